The van der Waals surface area contributed by atoms with Crippen LogP contribution in [0.3, 0.4) is 0 Å². The van der Waals surface area contributed by atoms with E-state index in [1.165, 1.54) is 0 Å². The highest BCUT2D eigenvalue weighted by atomic mass is 32.2. The molecule has 2 nitrogen and oxygen atoms in total. The van der Waals surface area contributed by atoms with Crippen LogP contribution in [0.2, 0.25) is 0 Å². The third-order valence-electron chi connectivity index (χ3n) is 2.85. The van der Waals surface area contributed by atoms with Crippen molar-refractivity contribution in [2.75, 3.05) is 0 Å². The fourth-order valence-electron chi connectivity index (χ4n) is 1.97. The van der Waals surface area contributed by atoms with Crippen molar-refractivity contribution in [1.82, 2.24) is 0 Å². The summed E-state index contributed by atoms with van der Waals surface area (Å²) in [4.78, 5) is 13.1. The van der Waals surface area contributed by atoms with E-state index in [1.54, 1.807) is 30.3 Å². The van der Waals surface area contributed by atoms with Gasteiger partial charge in [0.1, 0.15) is 0 Å². The summed E-state index contributed by atoms with van der Waals surface area (Å²) in [6.07, 6.45) is 1.71. The molecule has 3 heteroatoms. The van der Waals surface area contributed by atoms with Crippen LogP contribution < -0.4 is 0 Å². The first-order valence-corrected chi connectivity index (χ1v) is 6.74. The quantitative estimate of drug-likeness (QED) is 0.733. The second-order valence-electron chi connectivity index (χ2n) is 4.01. The molecule has 0 aromatic heterocycles. The summed E-state index contributed by atoms with van der Waals surface area (Å²) in [6, 6.07) is 16.5. The Balaban J connectivity index is 2.10. The molecule has 1 heterocycles. The fraction of sp³-hybridized carbons (Fsp3) is 0. The number of allylic oxidation sites excluding steroid dienone is 1. The molecule has 0 saturated carbocycles. The molecule has 0 radical (unpaired) electrons. The summed E-state index contributed by atoms with van der Waals surface area (Å²) >= 11 is 0. The van der Waals surface area contributed by atoms with Crippen molar-refractivity contribution in [3.8, 4) is 0 Å². The smallest absolute Gasteiger partial charge is 0.203 e. The third kappa shape index (κ3) is 1.73. The molecule has 3 rings (SSSR count). The van der Waals surface area contributed by atoms with E-state index in [0.717, 1.165) is 5.56 Å². The molecule has 0 fully saturated rings. The van der Waals surface area contributed by atoms with E-state index in [-0.39, 0.29) is 5.78 Å². The topological polar surface area (TPSA) is 34.1 Å². The molecule has 1 aliphatic rings. The van der Waals surface area contributed by atoms with E-state index in [9.17, 15) is 9.00 Å². The maximum Gasteiger partial charge on any atom is 0.203 e. The Labute approximate surface area is 107 Å². The number of rotatable bonds is 1. The average Bonchev–Trinajstić information content (AvgIpc) is 2.66. The number of carbonyl (C=O) groups is 1. The van der Waals surface area contributed by atoms with Gasteiger partial charge in [-0.2, -0.15) is 0 Å². The maximum absolute atomic E-state index is 12.2. The van der Waals surface area contributed by atoms with Crippen molar-refractivity contribution >= 4 is 22.7 Å². The van der Waals surface area contributed by atoms with Crippen molar-refractivity contribution < 1.29 is 9.00 Å². The molecule has 0 bridgehead atoms. The lowest BCUT2D eigenvalue weighted by Gasteiger charge is -1.95. The average molecular weight is 254 g/mol. The molecule has 0 amide bonds. The van der Waals surface area contributed by atoms with Gasteiger partial charge in [0.15, 0.2) is 0 Å². The predicted molar refractivity (Wildman–Crippen MR) is 71.6 cm³/mol. The van der Waals surface area contributed by atoms with Gasteiger partial charge in [-0.1, -0.05) is 42.5 Å². The molecule has 1 unspecified atom stereocenters. The number of ketones is 1. The first kappa shape index (κ1) is 11.1. The summed E-state index contributed by atoms with van der Waals surface area (Å²) < 4.78 is 12.2. The highest BCUT2D eigenvalue weighted by Crippen LogP contribution is 2.31. The van der Waals surface area contributed by atoms with Crippen LogP contribution in [0.5, 0.6) is 0 Å². The summed E-state index contributed by atoms with van der Waals surface area (Å²) in [5, 5.41) is 0. The van der Waals surface area contributed by atoms with E-state index >= 15 is 0 Å². The number of fused-ring (bicyclic) bond motifs is 1. The SMILES string of the molecule is O=C1/C(=C/c2ccccc2)S(=O)c2ccccc21. The van der Waals surface area contributed by atoms with Crippen molar-refractivity contribution in [3.63, 3.8) is 0 Å². The van der Waals surface area contributed by atoms with Crippen molar-refractivity contribution in [1.29, 1.82) is 0 Å². The molecular weight excluding hydrogens is 244 g/mol. The lowest BCUT2D eigenvalue weighted by Crippen LogP contribution is -1.96. The summed E-state index contributed by atoms with van der Waals surface area (Å²) in [5.41, 5.74) is 1.44. The molecule has 88 valence electrons. The van der Waals surface area contributed by atoms with Gasteiger partial charge in [0.2, 0.25) is 5.78 Å². The molecule has 1 aliphatic heterocycles. The van der Waals surface area contributed by atoms with E-state index in [0.29, 0.717) is 15.4 Å². The van der Waals surface area contributed by atoms with Crippen LogP contribution in [0.4, 0.5) is 0 Å². The van der Waals surface area contributed by atoms with Crippen LogP contribution in [-0.2, 0) is 10.8 Å². The monoisotopic (exact) mass is 254 g/mol. The van der Waals surface area contributed by atoms with Gasteiger partial charge < -0.3 is 0 Å². The maximum atomic E-state index is 12.2. The summed E-state index contributed by atoms with van der Waals surface area (Å²) in [7, 11) is -1.35. The number of carbonyl (C=O) groups excluding carboxylic acids is 1. The Morgan fingerprint density at radius 3 is 2.28 bits per heavy atom. The van der Waals surface area contributed by atoms with Gasteiger partial charge in [0.25, 0.3) is 0 Å². The lowest BCUT2D eigenvalue weighted by atomic mass is 10.1. The van der Waals surface area contributed by atoms with E-state index in [2.05, 4.69) is 0 Å². The lowest BCUT2D eigenvalue weighted by molar-refractivity contribution is 0.104. The predicted octanol–water partition coefficient (Wildman–Crippen LogP) is 3.03. The molecule has 0 N–H and O–H groups in total. The minimum Gasteiger partial charge on any atom is -0.288 e. The second-order valence-corrected chi connectivity index (χ2v) is 5.43. The molecule has 1 atom stereocenters. The fourth-order valence-corrected chi connectivity index (χ4v) is 3.29. The van der Waals surface area contributed by atoms with Gasteiger partial charge in [-0.25, -0.2) is 4.21 Å². The molecule has 2 aromatic rings. The van der Waals surface area contributed by atoms with Gasteiger partial charge in [0, 0.05) is 5.56 Å². The number of hydrogen-bond donors (Lipinski definition) is 0. The van der Waals surface area contributed by atoms with Gasteiger partial charge in [0.05, 0.1) is 20.6 Å². The van der Waals surface area contributed by atoms with Crippen LogP contribution >= 0.6 is 0 Å². The Hall–Kier alpha value is -2.00. The van der Waals surface area contributed by atoms with Crippen LogP contribution in [0.15, 0.2) is 64.4 Å². The molecular formula is C15H10O2S. The zero-order valence-corrected chi connectivity index (χ0v) is 10.3. The molecule has 0 aliphatic carbocycles. The molecule has 0 saturated heterocycles. The largest absolute Gasteiger partial charge is 0.288 e. The molecule has 18 heavy (non-hydrogen) atoms. The Morgan fingerprint density at radius 2 is 1.56 bits per heavy atom. The Kier molecular flexibility index (Phi) is 2.68. The van der Waals surface area contributed by atoms with Gasteiger partial charge in [-0.15, -0.1) is 0 Å². The highest BCUT2D eigenvalue weighted by molar-refractivity contribution is 7.91. The standard InChI is InChI=1S/C15H10O2S/c16-15-12-8-4-5-9-13(12)18(17)14(15)10-11-6-2-1-3-7-11/h1-10H/b14-10-. The Morgan fingerprint density at radius 1 is 0.889 bits per heavy atom. The summed E-state index contributed by atoms with van der Waals surface area (Å²) in [5.74, 6) is -0.132. The van der Waals surface area contributed by atoms with Crippen molar-refractivity contribution in [2.24, 2.45) is 0 Å². The zero-order chi connectivity index (χ0) is 12.5. The number of Topliss-reactive ketones (excluding diaryl/α,β-unsaturated/α-hetero) is 1. The first-order chi connectivity index (χ1) is 8.77. The van der Waals surface area contributed by atoms with Crippen LogP contribution in [-0.4, -0.2) is 9.99 Å². The van der Waals surface area contributed by atoms with Crippen LogP contribution in [0.25, 0.3) is 6.08 Å². The van der Waals surface area contributed by atoms with E-state index in [1.807, 2.05) is 30.3 Å². The zero-order valence-electron chi connectivity index (χ0n) is 9.50. The van der Waals surface area contributed by atoms with Crippen LogP contribution in [0.1, 0.15) is 15.9 Å². The third-order valence-corrected chi connectivity index (χ3v) is 4.31. The minimum absolute atomic E-state index is 0.132. The number of benzene rings is 2. The molecule has 2 aromatic carbocycles. The van der Waals surface area contributed by atoms with Gasteiger partial charge in [-0.3, -0.25) is 4.79 Å². The van der Waals surface area contributed by atoms with Crippen molar-refractivity contribution in [2.45, 2.75) is 4.90 Å². The van der Waals surface area contributed by atoms with Crippen molar-refractivity contribution in [3.05, 3.63) is 70.6 Å². The molecule has 0 spiro atoms. The van der Waals surface area contributed by atoms with Gasteiger partial charge in [-0.05, 0) is 23.8 Å². The summed E-state index contributed by atoms with van der Waals surface area (Å²) in [6.45, 7) is 0. The normalized spacial score (nSPS) is 20.1. The van der Waals surface area contributed by atoms with E-state index < -0.39 is 10.8 Å². The van der Waals surface area contributed by atoms with E-state index in [4.69, 9.17) is 0 Å². The van der Waals surface area contributed by atoms with Crippen LogP contribution in [0, 0.1) is 0 Å². The number of hydrogen-bond acceptors (Lipinski definition) is 2. The minimum atomic E-state index is -1.35. The highest BCUT2D eigenvalue weighted by Gasteiger charge is 2.31. The van der Waals surface area contributed by atoms with Gasteiger partial charge >= 0.3 is 0 Å². The Bertz CT molecular complexity index is 635. The second kappa shape index (κ2) is 4.35. The first-order valence-electron chi connectivity index (χ1n) is 5.59.